The minimum atomic E-state index is -0.338. The third-order valence-electron chi connectivity index (χ3n) is 4.00. The Balaban J connectivity index is 1.57. The number of halogens is 1. The fourth-order valence-electron chi connectivity index (χ4n) is 2.79. The first kappa shape index (κ1) is 17.9. The molecule has 26 heavy (non-hydrogen) atoms. The average Bonchev–Trinajstić information content (AvgIpc) is 2.66. The van der Waals surface area contributed by atoms with Crippen molar-refractivity contribution in [3.8, 4) is 11.5 Å². The first-order valence-corrected chi connectivity index (χ1v) is 8.28. The van der Waals surface area contributed by atoms with Gasteiger partial charge in [0.25, 0.3) is 0 Å². The summed E-state index contributed by atoms with van der Waals surface area (Å²) in [6.45, 7) is 0.850. The van der Waals surface area contributed by atoms with Crippen LogP contribution in [0.15, 0.2) is 42.5 Å². The molecule has 0 unspecified atom stereocenters. The van der Waals surface area contributed by atoms with Crippen LogP contribution in [0.5, 0.6) is 11.5 Å². The minimum absolute atomic E-state index is 0.152. The van der Waals surface area contributed by atoms with E-state index in [1.165, 1.54) is 18.2 Å². The number of benzene rings is 2. The maximum absolute atomic E-state index is 13.7. The molecular formula is C20H20FNO4. The van der Waals surface area contributed by atoms with E-state index in [0.717, 1.165) is 11.1 Å². The summed E-state index contributed by atoms with van der Waals surface area (Å²) >= 11 is 0. The Labute approximate surface area is 151 Å². The zero-order chi connectivity index (χ0) is 18.4. The van der Waals surface area contributed by atoms with Crippen LogP contribution in [0, 0.1) is 5.82 Å². The summed E-state index contributed by atoms with van der Waals surface area (Å²) in [6, 6.07) is 10.3. The van der Waals surface area contributed by atoms with Crippen LogP contribution in [0.1, 0.15) is 16.7 Å². The summed E-state index contributed by atoms with van der Waals surface area (Å²) in [7, 11) is 1.58. The van der Waals surface area contributed by atoms with Gasteiger partial charge in [0.05, 0.1) is 13.7 Å². The number of methoxy groups -OCH3 is 1. The Bertz CT molecular complexity index is 819. The molecule has 136 valence electrons. The van der Waals surface area contributed by atoms with Crippen LogP contribution < -0.4 is 14.8 Å². The average molecular weight is 357 g/mol. The van der Waals surface area contributed by atoms with Gasteiger partial charge in [0, 0.05) is 23.7 Å². The number of hydrogen-bond donors (Lipinski definition) is 1. The lowest BCUT2D eigenvalue weighted by Crippen LogP contribution is -2.24. The molecule has 0 fully saturated rings. The summed E-state index contributed by atoms with van der Waals surface area (Å²) in [6.07, 6.45) is 3.61. The number of amides is 1. The molecule has 1 amide bonds. The standard InChI is InChI=1S/C20H20FNO4/c1-24-18-5-3-2-4-14(18)6-7-19(23)22-9-8-15-10-17(21)11-16-12-25-13-26-20(15)16/h2-7,10-11H,8-9,12-13H2,1H3,(H,22,23)/b7-6+. The molecule has 5 nitrogen and oxygen atoms in total. The molecule has 0 aliphatic carbocycles. The van der Waals surface area contributed by atoms with Gasteiger partial charge in [0.15, 0.2) is 6.79 Å². The van der Waals surface area contributed by atoms with Gasteiger partial charge >= 0.3 is 0 Å². The number of rotatable bonds is 6. The van der Waals surface area contributed by atoms with Gasteiger partial charge in [0.1, 0.15) is 17.3 Å². The van der Waals surface area contributed by atoms with Crippen LogP contribution in [-0.4, -0.2) is 26.4 Å². The van der Waals surface area contributed by atoms with Gasteiger partial charge in [-0.25, -0.2) is 4.39 Å². The van der Waals surface area contributed by atoms with Crippen molar-refractivity contribution in [2.45, 2.75) is 13.0 Å². The van der Waals surface area contributed by atoms with Crippen molar-refractivity contribution in [3.63, 3.8) is 0 Å². The molecule has 0 saturated heterocycles. The van der Waals surface area contributed by atoms with Crippen molar-refractivity contribution < 1.29 is 23.4 Å². The zero-order valence-corrected chi connectivity index (χ0v) is 14.5. The second-order valence-electron chi connectivity index (χ2n) is 5.78. The van der Waals surface area contributed by atoms with E-state index in [1.54, 1.807) is 13.2 Å². The van der Waals surface area contributed by atoms with E-state index < -0.39 is 0 Å². The van der Waals surface area contributed by atoms with Crippen LogP contribution in [0.2, 0.25) is 0 Å². The Hall–Kier alpha value is -2.86. The second kappa shape index (κ2) is 8.49. The number of para-hydroxylation sites is 1. The third kappa shape index (κ3) is 4.40. The van der Waals surface area contributed by atoms with Crippen molar-refractivity contribution in [3.05, 3.63) is 65.0 Å². The predicted octanol–water partition coefficient (Wildman–Crippen LogP) is 3.07. The van der Waals surface area contributed by atoms with E-state index in [9.17, 15) is 9.18 Å². The normalized spacial score (nSPS) is 13.2. The highest BCUT2D eigenvalue weighted by Crippen LogP contribution is 2.29. The third-order valence-corrected chi connectivity index (χ3v) is 4.00. The summed E-state index contributed by atoms with van der Waals surface area (Å²) in [5, 5.41) is 2.79. The minimum Gasteiger partial charge on any atom is -0.496 e. The summed E-state index contributed by atoms with van der Waals surface area (Å²) < 4.78 is 29.6. The Morgan fingerprint density at radius 3 is 3.04 bits per heavy atom. The van der Waals surface area contributed by atoms with Crippen LogP contribution in [0.3, 0.4) is 0 Å². The lowest BCUT2D eigenvalue weighted by Gasteiger charge is -2.20. The molecule has 0 radical (unpaired) electrons. The largest absolute Gasteiger partial charge is 0.496 e. The molecule has 2 aromatic carbocycles. The molecule has 1 aliphatic heterocycles. The quantitative estimate of drug-likeness (QED) is 0.808. The van der Waals surface area contributed by atoms with Crippen LogP contribution >= 0.6 is 0 Å². The fraction of sp³-hybridized carbons (Fsp3) is 0.250. The monoisotopic (exact) mass is 357 g/mol. The molecule has 0 bridgehead atoms. The smallest absolute Gasteiger partial charge is 0.244 e. The molecule has 1 aliphatic rings. The van der Waals surface area contributed by atoms with E-state index in [0.29, 0.717) is 36.6 Å². The Morgan fingerprint density at radius 1 is 1.35 bits per heavy atom. The van der Waals surface area contributed by atoms with E-state index in [4.69, 9.17) is 14.2 Å². The van der Waals surface area contributed by atoms with Crippen molar-refractivity contribution in [2.75, 3.05) is 20.4 Å². The molecule has 1 heterocycles. The SMILES string of the molecule is COc1ccccc1/C=C/C(=O)NCCc1cc(F)cc2c1OCOC2. The summed E-state index contributed by atoms with van der Waals surface area (Å²) in [5.74, 6) is 0.777. The lowest BCUT2D eigenvalue weighted by atomic mass is 10.1. The molecule has 1 N–H and O–H groups in total. The topological polar surface area (TPSA) is 56.8 Å². The first-order chi connectivity index (χ1) is 12.7. The Morgan fingerprint density at radius 2 is 2.19 bits per heavy atom. The summed E-state index contributed by atoms with van der Waals surface area (Å²) in [4.78, 5) is 12.0. The van der Waals surface area contributed by atoms with Crippen molar-refractivity contribution in [1.29, 1.82) is 0 Å². The molecule has 3 rings (SSSR count). The molecule has 0 aromatic heterocycles. The molecular weight excluding hydrogens is 337 g/mol. The first-order valence-electron chi connectivity index (χ1n) is 8.28. The number of carbonyl (C=O) groups excluding carboxylic acids is 1. The van der Waals surface area contributed by atoms with Gasteiger partial charge in [-0.3, -0.25) is 4.79 Å². The highest BCUT2D eigenvalue weighted by atomic mass is 19.1. The molecule has 0 atom stereocenters. The molecule has 2 aromatic rings. The second-order valence-corrected chi connectivity index (χ2v) is 5.78. The zero-order valence-electron chi connectivity index (χ0n) is 14.5. The maximum Gasteiger partial charge on any atom is 0.244 e. The highest BCUT2D eigenvalue weighted by Gasteiger charge is 2.16. The van der Waals surface area contributed by atoms with Crippen LogP contribution in [0.25, 0.3) is 6.08 Å². The lowest BCUT2D eigenvalue weighted by molar-refractivity contribution is -0.116. The number of hydrogen-bond acceptors (Lipinski definition) is 4. The van der Waals surface area contributed by atoms with Gasteiger partial charge < -0.3 is 19.5 Å². The van der Waals surface area contributed by atoms with E-state index in [-0.39, 0.29) is 18.5 Å². The van der Waals surface area contributed by atoms with Gasteiger partial charge in [0.2, 0.25) is 5.91 Å². The van der Waals surface area contributed by atoms with Gasteiger partial charge in [-0.2, -0.15) is 0 Å². The van der Waals surface area contributed by atoms with E-state index in [2.05, 4.69) is 5.32 Å². The number of fused-ring (bicyclic) bond motifs is 1. The molecule has 6 heteroatoms. The summed E-state index contributed by atoms with van der Waals surface area (Å²) in [5.41, 5.74) is 2.23. The highest BCUT2D eigenvalue weighted by molar-refractivity contribution is 5.92. The fourth-order valence-corrected chi connectivity index (χ4v) is 2.79. The number of carbonyl (C=O) groups is 1. The maximum atomic E-state index is 13.7. The number of ether oxygens (including phenoxy) is 3. The van der Waals surface area contributed by atoms with Gasteiger partial charge in [-0.15, -0.1) is 0 Å². The number of nitrogens with one attached hydrogen (secondary N) is 1. The Kier molecular flexibility index (Phi) is 5.86. The predicted molar refractivity (Wildman–Crippen MR) is 95.4 cm³/mol. The van der Waals surface area contributed by atoms with Crippen molar-refractivity contribution in [1.82, 2.24) is 5.32 Å². The van der Waals surface area contributed by atoms with Crippen LogP contribution in [-0.2, 0) is 22.6 Å². The van der Waals surface area contributed by atoms with Gasteiger partial charge in [-0.05, 0) is 36.3 Å². The molecule has 0 saturated carbocycles. The van der Waals surface area contributed by atoms with Crippen LogP contribution in [0.4, 0.5) is 4.39 Å². The van der Waals surface area contributed by atoms with E-state index >= 15 is 0 Å². The van der Waals surface area contributed by atoms with E-state index in [1.807, 2.05) is 24.3 Å². The van der Waals surface area contributed by atoms with Gasteiger partial charge in [-0.1, -0.05) is 18.2 Å². The van der Waals surface area contributed by atoms with Crippen molar-refractivity contribution in [2.24, 2.45) is 0 Å². The van der Waals surface area contributed by atoms with Crippen molar-refractivity contribution >= 4 is 12.0 Å². The molecule has 0 spiro atoms.